The van der Waals surface area contributed by atoms with Gasteiger partial charge in [0.1, 0.15) is 11.5 Å². The third-order valence-corrected chi connectivity index (χ3v) is 4.31. The van der Waals surface area contributed by atoms with Gasteiger partial charge in [-0.1, -0.05) is 18.2 Å². The van der Waals surface area contributed by atoms with Gasteiger partial charge in [0.2, 0.25) is 5.91 Å². The van der Waals surface area contributed by atoms with Crippen LogP contribution in [0.4, 0.5) is 0 Å². The highest BCUT2D eigenvalue weighted by atomic mass is 16.5. The number of methoxy groups -OCH3 is 1. The minimum Gasteiger partial charge on any atom is -0.497 e. The van der Waals surface area contributed by atoms with Gasteiger partial charge < -0.3 is 19.2 Å². The standard InChI is InChI=1S/C23H26N2O4/c1-16(2)28-20-7-5-4-6-18(20)14-24-22(26)12-13-23-25-15-21(29-23)17-8-10-19(27-3)11-9-17/h4-11,15-16H,12-14H2,1-3H3,(H,24,26). The van der Waals surface area contributed by atoms with E-state index in [1.54, 1.807) is 13.3 Å². The third-order valence-electron chi connectivity index (χ3n) is 4.31. The van der Waals surface area contributed by atoms with Crippen molar-refractivity contribution in [3.05, 3.63) is 66.2 Å². The molecule has 2 aromatic carbocycles. The third kappa shape index (κ3) is 5.85. The van der Waals surface area contributed by atoms with Crippen molar-refractivity contribution >= 4 is 5.91 Å². The lowest BCUT2D eigenvalue weighted by Gasteiger charge is -2.14. The molecule has 3 aromatic rings. The normalized spacial score (nSPS) is 10.8. The Morgan fingerprint density at radius 1 is 1.14 bits per heavy atom. The molecule has 1 amide bonds. The Balaban J connectivity index is 1.51. The molecule has 1 heterocycles. The number of nitrogens with zero attached hydrogens (tertiary/aromatic N) is 1. The highest BCUT2D eigenvalue weighted by Gasteiger charge is 2.11. The van der Waals surface area contributed by atoms with Crippen LogP contribution in [0, 0.1) is 0 Å². The zero-order valence-corrected chi connectivity index (χ0v) is 17.0. The Morgan fingerprint density at radius 2 is 1.90 bits per heavy atom. The Morgan fingerprint density at radius 3 is 2.62 bits per heavy atom. The van der Waals surface area contributed by atoms with Crippen LogP contribution in [0.5, 0.6) is 11.5 Å². The maximum atomic E-state index is 12.2. The Hall–Kier alpha value is -3.28. The first-order valence-electron chi connectivity index (χ1n) is 9.65. The molecule has 0 saturated carbocycles. The van der Waals surface area contributed by atoms with E-state index in [1.165, 1.54) is 0 Å². The maximum absolute atomic E-state index is 12.2. The number of amides is 1. The lowest BCUT2D eigenvalue weighted by atomic mass is 10.2. The molecule has 0 aliphatic heterocycles. The number of aryl methyl sites for hydroxylation is 1. The van der Waals surface area contributed by atoms with E-state index in [4.69, 9.17) is 13.9 Å². The molecule has 0 spiro atoms. The zero-order chi connectivity index (χ0) is 20.6. The summed E-state index contributed by atoms with van der Waals surface area (Å²) in [6, 6.07) is 15.3. The van der Waals surface area contributed by atoms with E-state index in [0.717, 1.165) is 22.6 Å². The maximum Gasteiger partial charge on any atom is 0.220 e. The average Bonchev–Trinajstić information content (AvgIpc) is 3.20. The van der Waals surface area contributed by atoms with Crippen molar-refractivity contribution in [2.75, 3.05) is 7.11 Å². The summed E-state index contributed by atoms with van der Waals surface area (Å²) in [7, 11) is 1.63. The predicted molar refractivity (Wildman–Crippen MR) is 111 cm³/mol. The Kier molecular flexibility index (Phi) is 6.89. The van der Waals surface area contributed by atoms with Crippen molar-refractivity contribution in [1.29, 1.82) is 0 Å². The molecule has 0 aliphatic rings. The van der Waals surface area contributed by atoms with Crippen molar-refractivity contribution in [3.63, 3.8) is 0 Å². The van der Waals surface area contributed by atoms with Gasteiger partial charge in [-0.25, -0.2) is 4.98 Å². The van der Waals surface area contributed by atoms with Gasteiger partial charge in [0.05, 0.1) is 19.4 Å². The number of rotatable bonds is 9. The molecule has 3 rings (SSSR count). The smallest absolute Gasteiger partial charge is 0.220 e. The van der Waals surface area contributed by atoms with Crippen LogP contribution in [0.25, 0.3) is 11.3 Å². The molecular formula is C23H26N2O4. The monoisotopic (exact) mass is 394 g/mol. The molecule has 29 heavy (non-hydrogen) atoms. The van der Waals surface area contributed by atoms with Gasteiger partial charge in [-0.2, -0.15) is 0 Å². The SMILES string of the molecule is COc1ccc(-c2cnc(CCC(=O)NCc3ccccc3OC(C)C)o2)cc1. The van der Waals surface area contributed by atoms with Crippen LogP contribution < -0.4 is 14.8 Å². The second-order valence-corrected chi connectivity index (χ2v) is 6.90. The molecule has 1 N–H and O–H groups in total. The highest BCUT2D eigenvalue weighted by molar-refractivity contribution is 5.76. The molecule has 1 aromatic heterocycles. The van der Waals surface area contributed by atoms with E-state index in [0.29, 0.717) is 31.0 Å². The van der Waals surface area contributed by atoms with E-state index in [1.807, 2.05) is 62.4 Å². The number of hydrogen-bond donors (Lipinski definition) is 1. The second kappa shape index (κ2) is 9.78. The van der Waals surface area contributed by atoms with Crippen LogP contribution in [0.2, 0.25) is 0 Å². The number of benzene rings is 2. The van der Waals surface area contributed by atoms with Crippen LogP contribution in [-0.4, -0.2) is 24.1 Å². The summed E-state index contributed by atoms with van der Waals surface area (Å²) < 4.78 is 16.7. The molecule has 0 fully saturated rings. The molecule has 0 saturated heterocycles. The van der Waals surface area contributed by atoms with E-state index in [9.17, 15) is 4.79 Å². The number of hydrogen-bond acceptors (Lipinski definition) is 5. The molecule has 6 heteroatoms. The van der Waals surface area contributed by atoms with Gasteiger partial charge in [0, 0.05) is 30.5 Å². The second-order valence-electron chi connectivity index (χ2n) is 6.90. The number of para-hydroxylation sites is 1. The summed E-state index contributed by atoms with van der Waals surface area (Å²) in [5.74, 6) is 2.72. The largest absolute Gasteiger partial charge is 0.497 e. The van der Waals surface area contributed by atoms with Gasteiger partial charge in [0.25, 0.3) is 0 Å². The van der Waals surface area contributed by atoms with Gasteiger partial charge in [-0.15, -0.1) is 0 Å². The molecule has 0 bridgehead atoms. The highest BCUT2D eigenvalue weighted by Crippen LogP contribution is 2.23. The molecule has 0 aliphatic carbocycles. The minimum absolute atomic E-state index is 0.0615. The van der Waals surface area contributed by atoms with Crippen LogP contribution in [0.3, 0.4) is 0 Å². The van der Waals surface area contributed by atoms with Crippen molar-refractivity contribution in [2.45, 2.75) is 39.3 Å². The molecule has 0 unspecified atom stereocenters. The first-order valence-corrected chi connectivity index (χ1v) is 9.65. The number of carbonyl (C=O) groups excluding carboxylic acids is 1. The van der Waals surface area contributed by atoms with E-state index < -0.39 is 0 Å². The van der Waals surface area contributed by atoms with Crippen LogP contribution in [0.15, 0.2) is 59.1 Å². The predicted octanol–water partition coefficient (Wildman–Crippen LogP) is 4.39. The van der Waals surface area contributed by atoms with E-state index >= 15 is 0 Å². The van der Waals surface area contributed by atoms with Gasteiger partial charge in [-0.3, -0.25) is 4.79 Å². The average molecular weight is 394 g/mol. The number of carbonyl (C=O) groups is 1. The molecule has 0 atom stereocenters. The summed E-state index contributed by atoms with van der Waals surface area (Å²) in [5.41, 5.74) is 1.86. The van der Waals surface area contributed by atoms with Crippen molar-refractivity contribution in [3.8, 4) is 22.8 Å². The lowest BCUT2D eigenvalue weighted by Crippen LogP contribution is -2.23. The van der Waals surface area contributed by atoms with E-state index in [-0.39, 0.29) is 12.0 Å². The van der Waals surface area contributed by atoms with Gasteiger partial charge in [0.15, 0.2) is 11.7 Å². The number of nitrogens with one attached hydrogen (secondary N) is 1. The number of ether oxygens (including phenoxy) is 2. The molecule has 152 valence electrons. The fourth-order valence-corrected chi connectivity index (χ4v) is 2.84. The summed E-state index contributed by atoms with van der Waals surface area (Å²) in [6.45, 7) is 4.38. The summed E-state index contributed by atoms with van der Waals surface area (Å²) in [4.78, 5) is 16.5. The van der Waals surface area contributed by atoms with E-state index in [2.05, 4.69) is 10.3 Å². The van der Waals surface area contributed by atoms with Crippen molar-refractivity contribution < 1.29 is 18.7 Å². The molecule has 6 nitrogen and oxygen atoms in total. The Labute approximate surface area is 170 Å². The fourth-order valence-electron chi connectivity index (χ4n) is 2.84. The summed E-state index contributed by atoms with van der Waals surface area (Å²) >= 11 is 0. The van der Waals surface area contributed by atoms with Gasteiger partial charge in [-0.05, 0) is 44.2 Å². The molecule has 0 radical (unpaired) electrons. The first-order chi connectivity index (χ1) is 14.0. The quantitative estimate of drug-likeness (QED) is 0.583. The lowest BCUT2D eigenvalue weighted by molar-refractivity contribution is -0.121. The van der Waals surface area contributed by atoms with Gasteiger partial charge >= 0.3 is 0 Å². The van der Waals surface area contributed by atoms with Crippen LogP contribution in [0.1, 0.15) is 31.7 Å². The number of oxazole rings is 1. The summed E-state index contributed by atoms with van der Waals surface area (Å²) in [6.07, 6.45) is 2.49. The van der Waals surface area contributed by atoms with Crippen LogP contribution in [-0.2, 0) is 17.8 Å². The number of aromatic nitrogens is 1. The Bertz CT molecular complexity index is 932. The fraction of sp³-hybridized carbons (Fsp3) is 0.304. The van der Waals surface area contributed by atoms with Crippen LogP contribution >= 0.6 is 0 Å². The topological polar surface area (TPSA) is 73.6 Å². The van der Waals surface area contributed by atoms with Crippen molar-refractivity contribution in [2.24, 2.45) is 0 Å². The first kappa shape index (κ1) is 20.5. The zero-order valence-electron chi connectivity index (χ0n) is 17.0. The summed E-state index contributed by atoms with van der Waals surface area (Å²) in [5, 5.41) is 2.93. The minimum atomic E-state index is -0.0615. The molecular weight excluding hydrogens is 368 g/mol. The van der Waals surface area contributed by atoms with Crippen molar-refractivity contribution in [1.82, 2.24) is 10.3 Å².